The highest BCUT2D eigenvalue weighted by Crippen LogP contribution is 2.37. The molecule has 1 aromatic rings. The summed E-state index contributed by atoms with van der Waals surface area (Å²) in [5.41, 5.74) is 2.18. The number of hydrogen-bond acceptors (Lipinski definition) is 4. The predicted molar refractivity (Wildman–Crippen MR) is 101 cm³/mol. The molecule has 1 aliphatic rings. The van der Waals surface area contributed by atoms with Crippen molar-refractivity contribution in [1.82, 2.24) is 0 Å². The predicted octanol–water partition coefficient (Wildman–Crippen LogP) is 3.66. The Balaban J connectivity index is 2.47. The molecule has 7 heteroatoms. The molecule has 0 spiro atoms. The zero-order chi connectivity index (χ0) is 18.3. The lowest BCUT2D eigenvalue weighted by Gasteiger charge is -2.20. The topological polar surface area (TPSA) is 70.0 Å². The second-order valence-corrected chi connectivity index (χ2v) is 9.27. The molecule has 5 nitrogen and oxygen atoms in total. The number of fused-ring (bicyclic) bond motifs is 1. The van der Waals surface area contributed by atoms with E-state index in [-0.39, 0.29) is 11.3 Å². The molecule has 0 aromatic heterocycles. The number of sulfonamides is 1. The van der Waals surface area contributed by atoms with Crippen molar-refractivity contribution < 1.29 is 13.5 Å². The molecule has 0 radical (unpaired) electrons. The van der Waals surface area contributed by atoms with Crippen LogP contribution in [0.2, 0.25) is 0 Å². The van der Waals surface area contributed by atoms with Gasteiger partial charge in [0.05, 0.1) is 5.60 Å². The standard InChI is InChI=1S/C17H23BrN2O3S/c1-11(2)20-7-6-13-8-14(18)16(9-15(13)20)24(22,23)19-12(3)10-17(4,5)21/h8-9,21H,1,6-7,10H2,2-5H3. The van der Waals surface area contributed by atoms with Crippen molar-refractivity contribution in [3.8, 4) is 0 Å². The molecular formula is C17H23BrN2O3S. The third kappa shape index (κ3) is 4.26. The van der Waals surface area contributed by atoms with Gasteiger partial charge in [-0.2, -0.15) is 12.8 Å². The van der Waals surface area contributed by atoms with Gasteiger partial charge in [0.1, 0.15) is 4.90 Å². The zero-order valence-corrected chi connectivity index (χ0v) is 16.8. The van der Waals surface area contributed by atoms with Crippen molar-refractivity contribution in [2.24, 2.45) is 4.40 Å². The summed E-state index contributed by atoms with van der Waals surface area (Å²) in [7, 11) is -3.86. The SMILES string of the molecule is C=C(C)N1CCc2cc(Br)c(S(=O)(=O)N=C(C)CC(C)(C)O)cc21. The Morgan fingerprint density at radius 1 is 1.42 bits per heavy atom. The van der Waals surface area contributed by atoms with Gasteiger partial charge in [-0.15, -0.1) is 0 Å². The first-order valence-corrected chi connectivity index (χ1v) is 9.92. The van der Waals surface area contributed by atoms with Crippen LogP contribution in [0.5, 0.6) is 0 Å². The number of nitrogens with zero attached hydrogens (tertiary/aromatic N) is 2. The third-order valence-electron chi connectivity index (χ3n) is 3.73. The highest BCUT2D eigenvalue weighted by atomic mass is 79.9. The molecule has 0 unspecified atom stereocenters. The Kier molecular flexibility index (Phi) is 5.28. The zero-order valence-electron chi connectivity index (χ0n) is 14.4. The fraction of sp³-hybridized carbons (Fsp3) is 0.471. The van der Waals surface area contributed by atoms with Crippen molar-refractivity contribution in [3.63, 3.8) is 0 Å². The molecule has 1 heterocycles. The minimum atomic E-state index is -3.86. The lowest BCUT2D eigenvalue weighted by molar-refractivity contribution is 0.0886. The number of hydrogen-bond donors (Lipinski definition) is 1. The average molecular weight is 415 g/mol. The van der Waals surface area contributed by atoms with E-state index < -0.39 is 15.6 Å². The number of rotatable bonds is 5. The maximum absolute atomic E-state index is 12.7. The maximum atomic E-state index is 12.7. The average Bonchev–Trinajstić information content (AvgIpc) is 2.76. The van der Waals surface area contributed by atoms with Crippen molar-refractivity contribution in [3.05, 3.63) is 34.4 Å². The first-order valence-electron chi connectivity index (χ1n) is 7.69. The smallest absolute Gasteiger partial charge is 0.283 e. The van der Waals surface area contributed by atoms with Crippen LogP contribution in [-0.4, -0.2) is 31.4 Å². The van der Waals surface area contributed by atoms with Crippen LogP contribution in [0.15, 0.2) is 38.2 Å². The third-order valence-corrected chi connectivity index (χ3v) is 6.10. The Labute approximate surface area is 152 Å². The largest absolute Gasteiger partial charge is 0.390 e. The van der Waals surface area contributed by atoms with Crippen LogP contribution in [-0.2, 0) is 16.4 Å². The summed E-state index contributed by atoms with van der Waals surface area (Å²) >= 11 is 3.36. The monoisotopic (exact) mass is 414 g/mol. The number of anilines is 1. The Bertz CT molecular complexity index is 808. The van der Waals surface area contributed by atoms with Gasteiger partial charge in [-0.3, -0.25) is 0 Å². The van der Waals surface area contributed by atoms with Crippen molar-refractivity contribution in [2.45, 2.75) is 51.0 Å². The molecule has 1 aromatic carbocycles. The summed E-state index contributed by atoms with van der Waals surface area (Å²) in [6.45, 7) is 11.5. The highest BCUT2D eigenvalue weighted by Gasteiger charge is 2.26. The van der Waals surface area contributed by atoms with Crippen molar-refractivity contribution in [2.75, 3.05) is 11.4 Å². The lowest BCUT2D eigenvalue weighted by atomic mass is 10.0. The number of aliphatic hydroxyl groups is 1. The molecule has 0 bridgehead atoms. The van der Waals surface area contributed by atoms with Gasteiger partial charge in [0.15, 0.2) is 0 Å². The van der Waals surface area contributed by atoms with Gasteiger partial charge in [-0.05, 0) is 67.7 Å². The number of halogens is 1. The molecule has 0 saturated heterocycles. The van der Waals surface area contributed by atoms with E-state index in [1.807, 2.05) is 17.9 Å². The van der Waals surface area contributed by atoms with Gasteiger partial charge in [0.25, 0.3) is 10.0 Å². The number of benzene rings is 1. The van der Waals surface area contributed by atoms with Crippen LogP contribution in [0.25, 0.3) is 0 Å². The van der Waals surface area contributed by atoms with E-state index >= 15 is 0 Å². The van der Waals surface area contributed by atoms with E-state index in [0.29, 0.717) is 10.2 Å². The summed E-state index contributed by atoms with van der Waals surface area (Å²) < 4.78 is 29.8. The first kappa shape index (κ1) is 19.1. The van der Waals surface area contributed by atoms with Gasteiger partial charge in [0, 0.05) is 34.5 Å². The minimum Gasteiger partial charge on any atom is -0.390 e. The van der Waals surface area contributed by atoms with E-state index in [2.05, 4.69) is 26.9 Å². The fourth-order valence-electron chi connectivity index (χ4n) is 2.89. The van der Waals surface area contributed by atoms with E-state index in [4.69, 9.17) is 0 Å². The Morgan fingerprint density at radius 2 is 2.04 bits per heavy atom. The fourth-order valence-corrected chi connectivity index (χ4v) is 5.04. The van der Waals surface area contributed by atoms with Gasteiger partial charge >= 0.3 is 0 Å². The van der Waals surface area contributed by atoms with Gasteiger partial charge in [-0.1, -0.05) is 6.58 Å². The summed E-state index contributed by atoms with van der Waals surface area (Å²) in [5, 5.41) is 9.83. The molecule has 1 aliphatic heterocycles. The number of allylic oxidation sites excluding steroid dienone is 1. The van der Waals surface area contributed by atoms with E-state index in [1.165, 1.54) is 0 Å². The van der Waals surface area contributed by atoms with E-state index in [0.717, 1.165) is 29.9 Å². The molecular weight excluding hydrogens is 392 g/mol. The van der Waals surface area contributed by atoms with E-state index in [1.54, 1.807) is 26.8 Å². The Hall–Kier alpha value is -1.18. The summed E-state index contributed by atoms with van der Waals surface area (Å²) in [6.07, 6.45) is 1.04. The molecule has 0 fully saturated rings. The quantitative estimate of drug-likeness (QED) is 0.746. The van der Waals surface area contributed by atoms with Crippen molar-refractivity contribution >= 4 is 37.4 Å². The molecule has 2 rings (SSSR count). The highest BCUT2D eigenvalue weighted by molar-refractivity contribution is 9.10. The molecule has 0 amide bonds. The summed E-state index contributed by atoms with van der Waals surface area (Å²) in [5.74, 6) is 0. The van der Waals surface area contributed by atoms with Crippen LogP contribution < -0.4 is 4.90 Å². The van der Waals surface area contributed by atoms with Crippen LogP contribution in [0.1, 0.15) is 39.7 Å². The molecule has 0 atom stereocenters. The normalized spacial score (nSPS) is 15.6. The van der Waals surface area contributed by atoms with Gasteiger partial charge in [0.2, 0.25) is 0 Å². The van der Waals surface area contributed by atoms with Crippen LogP contribution in [0.3, 0.4) is 0 Å². The van der Waals surface area contributed by atoms with Crippen molar-refractivity contribution in [1.29, 1.82) is 0 Å². The summed E-state index contributed by atoms with van der Waals surface area (Å²) in [6, 6.07) is 3.49. The maximum Gasteiger partial charge on any atom is 0.283 e. The van der Waals surface area contributed by atoms with Crippen LogP contribution in [0, 0.1) is 0 Å². The molecule has 0 saturated carbocycles. The minimum absolute atomic E-state index is 0.129. The molecule has 24 heavy (non-hydrogen) atoms. The summed E-state index contributed by atoms with van der Waals surface area (Å²) in [4.78, 5) is 2.14. The van der Waals surface area contributed by atoms with Gasteiger partial charge < -0.3 is 10.0 Å². The Morgan fingerprint density at radius 3 is 2.58 bits per heavy atom. The molecule has 1 N–H and O–H groups in total. The van der Waals surface area contributed by atoms with Crippen LogP contribution >= 0.6 is 15.9 Å². The first-order chi connectivity index (χ1) is 10.9. The molecule has 132 valence electrons. The van der Waals surface area contributed by atoms with E-state index in [9.17, 15) is 13.5 Å². The van der Waals surface area contributed by atoms with Crippen LogP contribution in [0.4, 0.5) is 5.69 Å². The lowest BCUT2D eigenvalue weighted by Crippen LogP contribution is -2.22. The van der Waals surface area contributed by atoms with Gasteiger partial charge in [-0.25, -0.2) is 0 Å². The molecule has 0 aliphatic carbocycles. The second-order valence-electron chi connectivity index (χ2n) is 6.84. The second kappa shape index (κ2) is 6.61.